The van der Waals surface area contributed by atoms with Gasteiger partial charge in [0, 0.05) is 29.3 Å². The van der Waals surface area contributed by atoms with Crippen molar-refractivity contribution in [1.82, 2.24) is 0 Å². The predicted octanol–water partition coefficient (Wildman–Crippen LogP) is 2.77. The molecule has 3 heteroatoms. The molecule has 1 aliphatic carbocycles. The van der Waals surface area contributed by atoms with E-state index in [-0.39, 0.29) is 5.54 Å². The molecule has 1 aromatic rings. The summed E-state index contributed by atoms with van der Waals surface area (Å²) in [5.41, 5.74) is 7.46. The molecule has 1 fully saturated rings. The van der Waals surface area contributed by atoms with Gasteiger partial charge >= 0.3 is 0 Å². The van der Waals surface area contributed by atoms with E-state index < -0.39 is 0 Å². The summed E-state index contributed by atoms with van der Waals surface area (Å²) in [5, 5.41) is 0. The summed E-state index contributed by atoms with van der Waals surface area (Å²) >= 11 is 3.48. The Morgan fingerprint density at radius 3 is 2.80 bits per heavy atom. The zero-order chi connectivity index (χ0) is 10.9. The Balaban J connectivity index is 1.92. The van der Waals surface area contributed by atoms with Gasteiger partial charge in [0.05, 0.1) is 0 Å². The molecule has 1 aliphatic rings. The predicted molar refractivity (Wildman–Crippen MR) is 68.2 cm³/mol. The van der Waals surface area contributed by atoms with E-state index in [0.717, 1.165) is 17.4 Å². The molecule has 0 radical (unpaired) electrons. The molecule has 0 aliphatic heterocycles. The average Bonchev–Trinajstić information content (AvgIpc) is 2.94. The second-order valence-electron chi connectivity index (χ2n) is 4.51. The second-order valence-corrected chi connectivity index (χ2v) is 5.43. The van der Waals surface area contributed by atoms with Crippen LogP contribution in [0.5, 0.6) is 0 Å². The molecule has 0 amide bonds. The van der Waals surface area contributed by atoms with Crippen LogP contribution in [-0.4, -0.2) is 19.1 Å². The van der Waals surface area contributed by atoms with Crippen LogP contribution >= 0.6 is 15.9 Å². The molecule has 0 saturated heterocycles. The van der Waals surface area contributed by atoms with Crippen molar-refractivity contribution in [3.63, 3.8) is 0 Å². The molecule has 15 heavy (non-hydrogen) atoms. The lowest BCUT2D eigenvalue weighted by molar-refractivity contribution is 0.606. The van der Waals surface area contributed by atoms with Crippen molar-refractivity contribution in [2.24, 2.45) is 5.73 Å². The van der Waals surface area contributed by atoms with Gasteiger partial charge in [0.25, 0.3) is 0 Å². The zero-order valence-corrected chi connectivity index (χ0v) is 10.6. The minimum absolute atomic E-state index is 0.153. The van der Waals surface area contributed by atoms with Crippen LogP contribution in [0.15, 0.2) is 28.7 Å². The van der Waals surface area contributed by atoms with Crippen molar-refractivity contribution in [1.29, 1.82) is 0 Å². The first kappa shape index (κ1) is 11.0. The Labute approximate surface area is 99.6 Å². The maximum atomic E-state index is 6.07. The third kappa shape index (κ3) is 2.95. The van der Waals surface area contributed by atoms with Gasteiger partial charge in [0.1, 0.15) is 0 Å². The van der Waals surface area contributed by atoms with Crippen LogP contribution < -0.4 is 10.6 Å². The minimum Gasteiger partial charge on any atom is -0.374 e. The van der Waals surface area contributed by atoms with Crippen LogP contribution in [0, 0.1) is 0 Å². The molecule has 2 rings (SSSR count). The Kier molecular flexibility index (Phi) is 3.03. The van der Waals surface area contributed by atoms with Gasteiger partial charge < -0.3 is 10.6 Å². The topological polar surface area (TPSA) is 29.3 Å². The lowest BCUT2D eigenvalue weighted by Crippen LogP contribution is -2.29. The molecule has 0 heterocycles. The van der Waals surface area contributed by atoms with Gasteiger partial charge in [-0.15, -0.1) is 0 Å². The van der Waals surface area contributed by atoms with E-state index in [2.05, 4.69) is 46.1 Å². The van der Waals surface area contributed by atoms with Crippen LogP contribution in [-0.2, 0) is 0 Å². The fourth-order valence-electron chi connectivity index (χ4n) is 1.64. The van der Waals surface area contributed by atoms with Crippen molar-refractivity contribution < 1.29 is 0 Å². The second kappa shape index (κ2) is 4.14. The molecule has 2 N–H and O–H groups in total. The molecular formula is C12H17BrN2. The summed E-state index contributed by atoms with van der Waals surface area (Å²) in [6.07, 6.45) is 3.48. The summed E-state index contributed by atoms with van der Waals surface area (Å²) in [6, 6.07) is 8.37. The number of nitrogens with zero attached hydrogens (tertiary/aromatic N) is 1. The highest BCUT2D eigenvalue weighted by Gasteiger charge is 2.37. The van der Waals surface area contributed by atoms with Crippen molar-refractivity contribution >= 4 is 21.6 Å². The average molecular weight is 269 g/mol. The monoisotopic (exact) mass is 268 g/mol. The normalized spacial score (nSPS) is 17.5. The fraction of sp³-hybridized carbons (Fsp3) is 0.500. The van der Waals surface area contributed by atoms with Crippen LogP contribution in [0.3, 0.4) is 0 Å². The molecule has 0 spiro atoms. The minimum atomic E-state index is 0.153. The lowest BCUT2D eigenvalue weighted by Gasteiger charge is -2.21. The molecule has 0 unspecified atom stereocenters. The SMILES string of the molecule is CN(CCC1(N)CC1)c1cccc(Br)c1. The molecule has 2 nitrogen and oxygen atoms in total. The lowest BCUT2D eigenvalue weighted by atomic mass is 10.2. The van der Waals surface area contributed by atoms with E-state index in [4.69, 9.17) is 5.73 Å². The van der Waals surface area contributed by atoms with Crippen LogP contribution in [0.25, 0.3) is 0 Å². The third-order valence-electron chi connectivity index (χ3n) is 3.09. The number of anilines is 1. The quantitative estimate of drug-likeness (QED) is 0.910. The Morgan fingerprint density at radius 1 is 1.47 bits per heavy atom. The molecule has 1 aromatic carbocycles. The molecule has 1 saturated carbocycles. The first-order valence-electron chi connectivity index (χ1n) is 5.35. The molecule has 0 bridgehead atoms. The Hall–Kier alpha value is -0.540. The van der Waals surface area contributed by atoms with Gasteiger partial charge in [-0.3, -0.25) is 0 Å². The standard InChI is InChI=1S/C12H17BrN2/c1-15(8-7-12(14)5-6-12)11-4-2-3-10(13)9-11/h2-4,9H,5-8,14H2,1H3. The van der Waals surface area contributed by atoms with Gasteiger partial charge in [-0.2, -0.15) is 0 Å². The molecule has 0 aromatic heterocycles. The van der Waals surface area contributed by atoms with E-state index in [1.54, 1.807) is 0 Å². The van der Waals surface area contributed by atoms with E-state index in [1.165, 1.54) is 18.5 Å². The highest BCUT2D eigenvalue weighted by atomic mass is 79.9. The first-order chi connectivity index (χ1) is 7.09. The molecular weight excluding hydrogens is 252 g/mol. The highest BCUT2D eigenvalue weighted by molar-refractivity contribution is 9.10. The van der Waals surface area contributed by atoms with E-state index in [1.807, 2.05) is 6.07 Å². The van der Waals surface area contributed by atoms with Crippen molar-refractivity contribution in [3.05, 3.63) is 28.7 Å². The van der Waals surface area contributed by atoms with Gasteiger partial charge in [-0.05, 0) is 37.5 Å². The summed E-state index contributed by atoms with van der Waals surface area (Å²) in [6.45, 7) is 1.03. The molecule has 0 atom stereocenters. The zero-order valence-electron chi connectivity index (χ0n) is 9.04. The van der Waals surface area contributed by atoms with E-state index in [0.29, 0.717) is 0 Å². The summed E-state index contributed by atoms with van der Waals surface area (Å²) in [4.78, 5) is 2.26. The highest BCUT2D eigenvalue weighted by Crippen LogP contribution is 2.35. The first-order valence-corrected chi connectivity index (χ1v) is 6.14. The third-order valence-corrected chi connectivity index (χ3v) is 3.58. The maximum absolute atomic E-state index is 6.07. The summed E-state index contributed by atoms with van der Waals surface area (Å²) in [5.74, 6) is 0. The summed E-state index contributed by atoms with van der Waals surface area (Å²) in [7, 11) is 2.12. The Bertz CT molecular complexity index is 347. The number of rotatable bonds is 4. The van der Waals surface area contributed by atoms with Gasteiger partial charge in [0.15, 0.2) is 0 Å². The van der Waals surface area contributed by atoms with Gasteiger partial charge in [-0.1, -0.05) is 22.0 Å². The van der Waals surface area contributed by atoms with Crippen molar-refractivity contribution in [2.45, 2.75) is 24.8 Å². The van der Waals surface area contributed by atoms with Gasteiger partial charge in [-0.25, -0.2) is 0 Å². The fourth-order valence-corrected chi connectivity index (χ4v) is 2.03. The van der Waals surface area contributed by atoms with Crippen molar-refractivity contribution in [2.75, 3.05) is 18.5 Å². The Morgan fingerprint density at radius 2 is 2.20 bits per heavy atom. The maximum Gasteiger partial charge on any atom is 0.0374 e. The van der Waals surface area contributed by atoms with Crippen LogP contribution in [0.2, 0.25) is 0 Å². The van der Waals surface area contributed by atoms with E-state index >= 15 is 0 Å². The number of nitrogens with two attached hydrogens (primary N) is 1. The van der Waals surface area contributed by atoms with Crippen LogP contribution in [0.1, 0.15) is 19.3 Å². The number of benzene rings is 1. The number of halogens is 1. The van der Waals surface area contributed by atoms with Gasteiger partial charge in [0.2, 0.25) is 0 Å². The number of hydrogen-bond donors (Lipinski definition) is 1. The van der Waals surface area contributed by atoms with Crippen molar-refractivity contribution in [3.8, 4) is 0 Å². The molecule has 82 valence electrons. The number of hydrogen-bond acceptors (Lipinski definition) is 2. The van der Waals surface area contributed by atoms with Crippen LogP contribution in [0.4, 0.5) is 5.69 Å². The smallest absolute Gasteiger partial charge is 0.0374 e. The summed E-state index contributed by atoms with van der Waals surface area (Å²) < 4.78 is 1.13. The van der Waals surface area contributed by atoms with E-state index in [9.17, 15) is 0 Å². The largest absolute Gasteiger partial charge is 0.374 e.